The van der Waals surface area contributed by atoms with Crippen LogP contribution in [0.15, 0.2) is 0 Å². The molecule has 2 aliphatic rings. The lowest BCUT2D eigenvalue weighted by Crippen LogP contribution is -2.25. The highest BCUT2D eigenvalue weighted by molar-refractivity contribution is 9.25. The second kappa shape index (κ2) is 4.82. The zero-order valence-corrected chi connectivity index (χ0v) is 15.0. The Kier molecular flexibility index (Phi) is 3.51. The summed E-state index contributed by atoms with van der Waals surface area (Å²) >= 11 is 8.59. The number of rotatable bonds is 2. The highest BCUT2D eigenvalue weighted by Crippen LogP contribution is 2.66. The minimum atomic E-state index is -0.454. The summed E-state index contributed by atoms with van der Waals surface area (Å²) in [6.45, 7) is 1.92. The predicted octanol–water partition coefficient (Wildman–Crippen LogP) is 4.33. The predicted molar refractivity (Wildman–Crippen MR) is 87.6 cm³/mol. The van der Waals surface area contributed by atoms with Crippen LogP contribution in [-0.4, -0.2) is 9.14 Å². The van der Waals surface area contributed by atoms with E-state index in [4.69, 9.17) is 0 Å². The third-order valence-corrected chi connectivity index (χ3v) is 7.79. The van der Waals surface area contributed by atoms with Gasteiger partial charge in [-0.2, -0.15) is 5.26 Å². The van der Waals surface area contributed by atoms with Crippen molar-refractivity contribution < 1.29 is 4.79 Å². The normalized spacial score (nSPS) is 26.5. The van der Waals surface area contributed by atoms with Crippen molar-refractivity contribution in [2.45, 2.75) is 42.3 Å². The molecular formula is C14H14Br2N2OS. The van der Waals surface area contributed by atoms with Crippen molar-refractivity contribution in [3.63, 3.8) is 0 Å². The Morgan fingerprint density at radius 2 is 2.05 bits per heavy atom. The number of halogens is 2. The van der Waals surface area contributed by atoms with Crippen molar-refractivity contribution in [1.29, 1.82) is 5.26 Å². The summed E-state index contributed by atoms with van der Waals surface area (Å²) in [6.07, 6.45) is 5.05. The molecule has 6 heteroatoms. The standard InChI is InChI=1S/C14H14Br2N2OS/c1-13(7-14(13,15)16)12(19)18-11-9(6-17)8-4-2-3-5-10(8)20-11/h2-5,7H2,1H3,(H,18,19)/t13-/m0/s1. The molecule has 1 amide bonds. The molecule has 3 rings (SSSR count). The van der Waals surface area contributed by atoms with Crippen LogP contribution in [0.5, 0.6) is 0 Å². The summed E-state index contributed by atoms with van der Waals surface area (Å²) in [5, 5.41) is 13.1. The molecule has 0 spiro atoms. The quantitative estimate of drug-likeness (QED) is 0.728. The summed E-state index contributed by atoms with van der Waals surface area (Å²) < 4.78 is -0.305. The Bertz CT molecular complexity index is 632. The number of aryl methyl sites for hydroxylation is 1. The van der Waals surface area contributed by atoms with E-state index < -0.39 is 5.41 Å². The smallest absolute Gasteiger partial charge is 0.233 e. The first-order valence-electron chi connectivity index (χ1n) is 6.63. The minimum absolute atomic E-state index is 0.0265. The van der Waals surface area contributed by atoms with Crippen molar-refractivity contribution in [3.05, 3.63) is 16.0 Å². The van der Waals surface area contributed by atoms with E-state index in [1.165, 1.54) is 11.3 Å². The van der Waals surface area contributed by atoms with Gasteiger partial charge >= 0.3 is 0 Å². The Hall–Kier alpha value is -0.380. The molecule has 0 unspecified atom stereocenters. The highest BCUT2D eigenvalue weighted by atomic mass is 79.9. The Morgan fingerprint density at radius 3 is 2.65 bits per heavy atom. The third-order valence-electron chi connectivity index (χ3n) is 4.27. The maximum absolute atomic E-state index is 12.4. The number of nitrogens with one attached hydrogen (secondary N) is 1. The van der Waals surface area contributed by atoms with Crippen LogP contribution in [0.1, 0.15) is 42.2 Å². The van der Waals surface area contributed by atoms with E-state index in [0.717, 1.165) is 36.2 Å². The number of carbonyl (C=O) groups is 1. The zero-order valence-electron chi connectivity index (χ0n) is 11.1. The van der Waals surface area contributed by atoms with Gasteiger partial charge in [-0.15, -0.1) is 11.3 Å². The van der Waals surface area contributed by atoms with E-state index >= 15 is 0 Å². The van der Waals surface area contributed by atoms with Gasteiger partial charge in [0.15, 0.2) is 0 Å². The fraction of sp³-hybridized carbons (Fsp3) is 0.571. The molecule has 20 heavy (non-hydrogen) atoms. The SMILES string of the molecule is C[C@@]1(C(=O)Nc2sc3c(c2C#N)CCCC3)CC1(Br)Br. The summed E-state index contributed by atoms with van der Waals surface area (Å²) in [5.41, 5.74) is 1.38. The number of hydrogen-bond acceptors (Lipinski definition) is 3. The molecule has 0 radical (unpaired) electrons. The van der Waals surface area contributed by atoms with Gasteiger partial charge in [-0.25, -0.2) is 0 Å². The Labute approximate surface area is 139 Å². The zero-order chi connectivity index (χ0) is 14.5. The molecule has 1 atom stereocenters. The second-order valence-corrected chi connectivity index (χ2v) is 10.6. The van der Waals surface area contributed by atoms with E-state index in [1.54, 1.807) is 11.3 Å². The van der Waals surface area contributed by atoms with Crippen LogP contribution in [0.4, 0.5) is 5.00 Å². The average molecular weight is 418 g/mol. The minimum Gasteiger partial charge on any atom is -0.316 e. The van der Waals surface area contributed by atoms with E-state index in [2.05, 4.69) is 43.2 Å². The lowest BCUT2D eigenvalue weighted by Gasteiger charge is -2.12. The van der Waals surface area contributed by atoms with Gasteiger partial charge in [0, 0.05) is 4.88 Å². The lowest BCUT2D eigenvalue weighted by molar-refractivity contribution is -0.120. The number of anilines is 1. The van der Waals surface area contributed by atoms with Crippen LogP contribution in [0.2, 0.25) is 0 Å². The van der Waals surface area contributed by atoms with Gasteiger partial charge in [-0.3, -0.25) is 4.79 Å². The van der Waals surface area contributed by atoms with Gasteiger partial charge in [0.05, 0.1) is 14.2 Å². The summed E-state index contributed by atoms with van der Waals surface area (Å²) in [4.78, 5) is 13.7. The fourth-order valence-electron chi connectivity index (χ4n) is 2.66. The van der Waals surface area contributed by atoms with Crippen LogP contribution in [-0.2, 0) is 17.6 Å². The van der Waals surface area contributed by atoms with E-state index in [1.807, 2.05) is 6.92 Å². The van der Waals surface area contributed by atoms with Crippen molar-refractivity contribution in [2.75, 3.05) is 5.32 Å². The van der Waals surface area contributed by atoms with Gasteiger partial charge in [-0.1, -0.05) is 31.9 Å². The largest absolute Gasteiger partial charge is 0.316 e. The van der Waals surface area contributed by atoms with E-state index in [9.17, 15) is 10.1 Å². The number of amides is 1. The molecule has 0 aromatic carbocycles. The van der Waals surface area contributed by atoms with E-state index in [0.29, 0.717) is 5.56 Å². The van der Waals surface area contributed by atoms with Crippen molar-refractivity contribution in [2.24, 2.45) is 5.41 Å². The number of thiophene rings is 1. The molecule has 0 bridgehead atoms. The summed E-state index contributed by atoms with van der Waals surface area (Å²) in [6, 6.07) is 2.27. The monoisotopic (exact) mass is 416 g/mol. The first-order valence-corrected chi connectivity index (χ1v) is 9.03. The van der Waals surface area contributed by atoms with Gasteiger partial charge in [0.1, 0.15) is 11.1 Å². The Balaban J connectivity index is 1.87. The summed E-state index contributed by atoms with van der Waals surface area (Å²) in [5.74, 6) is -0.0265. The van der Waals surface area contributed by atoms with Gasteiger partial charge in [0.25, 0.3) is 0 Å². The van der Waals surface area contributed by atoms with Crippen molar-refractivity contribution >= 4 is 54.1 Å². The first-order chi connectivity index (χ1) is 9.39. The van der Waals surface area contributed by atoms with Crippen molar-refractivity contribution in [3.8, 4) is 6.07 Å². The maximum atomic E-state index is 12.4. The molecule has 1 heterocycles. The molecule has 106 valence electrons. The third kappa shape index (κ3) is 2.15. The summed E-state index contributed by atoms with van der Waals surface area (Å²) in [7, 11) is 0. The molecule has 0 saturated heterocycles. The van der Waals surface area contributed by atoms with Crippen LogP contribution in [0, 0.1) is 16.7 Å². The molecule has 1 aromatic heterocycles. The van der Waals surface area contributed by atoms with Gasteiger partial charge in [-0.05, 0) is 44.6 Å². The van der Waals surface area contributed by atoms with Gasteiger partial charge in [0.2, 0.25) is 5.91 Å². The van der Waals surface area contributed by atoms with Crippen LogP contribution < -0.4 is 5.32 Å². The number of alkyl halides is 2. The molecule has 2 aliphatic carbocycles. The van der Waals surface area contributed by atoms with Gasteiger partial charge < -0.3 is 5.32 Å². The second-order valence-electron chi connectivity index (χ2n) is 5.69. The lowest BCUT2D eigenvalue weighted by atomic mass is 9.96. The van der Waals surface area contributed by atoms with Crippen molar-refractivity contribution in [1.82, 2.24) is 0 Å². The van der Waals surface area contributed by atoms with Crippen LogP contribution in [0.3, 0.4) is 0 Å². The molecule has 1 aromatic rings. The van der Waals surface area contributed by atoms with Crippen LogP contribution in [0.25, 0.3) is 0 Å². The maximum Gasteiger partial charge on any atom is 0.233 e. The topological polar surface area (TPSA) is 52.9 Å². The number of nitriles is 1. The fourth-order valence-corrected chi connectivity index (χ4v) is 5.38. The molecule has 3 nitrogen and oxygen atoms in total. The molecule has 1 fully saturated rings. The molecule has 1 saturated carbocycles. The van der Waals surface area contributed by atoms with Crippen LogP contribution >= 0.6 is 43.2 Å². The molecular weight excluding hydrogens is 404 g/mol. The highest BCUT2D eigenvalue weighted by Gasteiger charge is 2.66. The number of carbonyl (C=O) groups excluding carboxylic acids is 1. The number of hydrogen-bond donors (Lipinski definition) is 1. The first kappa shape index (κ1) is 14.6. The molecule has 1 N–H and O–H groups in total. The Morgan fingerprint density at radius 1 is 1.40 bits per heavy atom. The molecule has 0 aliphatic heterocycles. The number of fused-ring (bicyclic) bond motifs is 1. The number of nitrogens with zero attached hydrogens (tertiary/aromatic N) is 1. The van der Waals surface area contributed by atoms with E-state index in [-0.39, 0.29) is 9.14 Å². The average Bonchev–Trinajstić information content (AvgIpc) is 2.78.